The van der Waals surface area contributed by atoms with Crippen LogP contribution in [-0.2, 0) is 16.6 Å². The largest absolute Gasteiger partial charge is 0.285 e. The van der Waals surface area contributed by atoms with Gasteiger partial charge in [0.15, 0.2) is 0 Å². The maximum atomic E-state index is 12.3. The zero-order chi connectivity index (χ0) is 14.8. The summed E-state index contributed by atoms with van der Waals surface area (Å²) in [5.74, 6) is 0. The first-order chi connectivity index (χ1) is 9.41. The van der Waals surface area contributed by atoms with Crippen LogP contribution in [0.5, 0.6) is 0 Å². The van der Waals surface area contributed by atoms with Gasteiger partial charge in [-0.05, 0) is 6.07 Å². The molecule has 0 bridgehead atoms. The van der Waals surface area contributed by atoms with E-state index in [2.05, 4.69) is 10.2 Å². The standard InChI is InChI=1S/C11H12N4O4S/c1-14(8-9-6-12-13-7-9)20(18,19)11-4-2-3-10(5-11)15(16)17/h2-7H,8H2,1H3,(H,12,13). The fraction of sp³-hybridized carbons (Fsp3) is 0.182. The lowest BCUT2D eigenvalue weighted by Gasteiger charge is -2.16. The summed E-state index contributed by atoms with van der Waals surface area (Å²) in [6, 6.07) is 4.96. The first-order valence-corrected chi connectivity index (χ1v) is 7.04. The Kier molecular flexibility index (Phi) is 3.81. The number of nitrogens with one attached hydrogen (secondary N) is 1. The zero-order valence-corrected chi connectivity index (χ0v) is 11.4. The first-order valence-electron chi connectivity index (χ1n) is 5.59. The number of nitrogens with zero attached hydrogens (tertiary/aromatic N) is 3. The maximum absolute atomic E-state index is 12.3. The molecule has 2 rings (SSSR count). The smallest absolute Gasteiger partial charge is 0.270 e. The molecule has 9 heteroatoms. The van der Waals surface area contributed by atoms with Crippen molar-refractivity contribution in [2.75, 3.05) is 7.05 Å². The van der Waals surface area contributed by atoms with Crippen LogP contribution in [0, 0.1) is 10.1 Å². The van der Waals surface area contributed by atoms with E-state index < -0.39 is 14.9 Å². The monoisotopic (exact) mass is 296 g/mol. The van der Waals surface area contributed by atoms with Gasteiger partial charge in [-0.1, -0.05) is 6.07 Å². The Hall–Kier alpha value is -2.26. The van der Waals surface area contributed by atoms with Gasteiger partial charge in [0.05, 0.1) is 16.0 Å². The van der Waals surface area contributed by atoms with Gasteiger partial charge < -0.3 is 0 Å². The van der Waals surface area contributed by atoms with Gasteiger partial charge in [0.1, 0.15) is 0 Å². The Balaban J connectivity index is 2.29. The SMILES string of the molecule is CN(Cc1cn[nH]c1)S(=O)(=O)c1cccc([N+](=O)[O-])c1. The van der Waals surface area contributed by atoms with Gasteiger partial charge in [-0.25, -0.2) is 8.42 Å². The van der Waals surface area contributed by atoms with Crippen molar-refractivity contribution in [1.82, 2.24) is 14.5 Å². The Morgan fingerprint density at radius 3 is 2.80 bits per heavy atom. The molecule has 0 radical (unpaired) electrons. The molecule has 0 aliphatic heterocycles. The van der Waals surface area contributed by atoms with E-state index in [1.807, 2.05) is 0 Å². The highest BCUT2D eigenvalue weighted by atomic mass is 32.2. The predicted molar refractivity (Wildman–Crippen MR) is 70.3 cm³/mol. The molecule has 0 amide bonds. The van der Waals surface area contributed by atoms with Gasteiger partial charge in [-0.3, -0.25) is 15.2 Å². The highest BCUT2D eigenvalue weighted by molar-refractivity contribution is 7.89. The summed E-state index contributed by atoms with van der Waals surface area (Å²) >= 11 is 0. The number of hydrogen-bond acceptors (Lipinski definition) is 5. The quantitative estimate of drug-likeness (QED) is 0.657. The second-order valence-corrected chi connectivity index (χ2v) is 6.17. The predicted octanol–water partition coefficient (Wildman–Crippen LogP) is 1.14. The minimum absolute atomic E-state index is 0.113. The van der Waals surface area contributed by atoms with Crippen LogP contribution in [0.4, 0.5) is 5.69 Å². The summed E-state index contributed by atoms with van der Waals surface area (Å²) in [7, 11) is -2.38. The highest BCUT2D eigenvalue weighted by Gasteiger charge is 2.23. The van der Waals surface area contributed by atoms with E-state index >= 15 is 0 Å². The molecule has 0 atom stereocenters. The van der Waals surface area contributed by atoms with Gasteiger partial charge in [-0.15, -0.1) is 0 Å². The number of hydrogen-bond donors (Lipinski definition) is 1. The molecular formula is C11H12N4O4S. The maximum Gasteiger partial charge on any atom is 0.270 e. The number of sulfonamides is 1. The third-order valence-electron chi connectivity index (χ3n) is 2.70. The Morgan fingerprint density at radius 1 is 1.45 bits per heavy atom. The summed E-state index contributed by atoms with van der Waals surface area (Å²) in [6.07, 6.45) is 3.10. The van der Waals surface area contributed by atoms with Crippen molar-refractivity contribution in [1.29, 1.82) is 0 Å². The minimum Gasteiger partial charge on any atom is -0.285 e. The zero-order valence-electron chi connectivity index (χ0n) is 10.6. The second kappa shape index (κ2) is 5.39. The molecule has 1 N–H and O–H groups in total. The fourth-order valence-corrected chi connectivity index (χ4v) is 2.84. The van der Waals surface area contributed by atoms with Crippen LogP contribution in [-0.4, -0.2) is 34.9 Å². The Labute approximate surface area is 115 Å². The van der Waals surface area contributed by atoms with E-state index in [1.165, 1.54) is 31.4 Å². The van der Waals surface area contributed by atoms with Crippen LogP contribution in [0.1, 0.15) is 5.56 Å². The molecule has 20 heavy (non-hydrogen) atoms. The molecule has 0 fully saturated rings. The number of rotatable bonds is 5. The van der Waals surface area contributed by atoms with Crippen molar-refractivity contribution in [2.45, 2.75) is 11.4 Å². The summed E-state index contributed by atoms with van der Waals surface area (Å²) in [4.78, 5) is 9.95. The second-order valence-electron chi connectivity index (χ2n) is 4.12. The number of benzene rings is 1. The molecule has 0 unspecified atom stereocenters. The van der Waals surface area contributed by atoms with Crippen LogP contribution in [0.15, 0.2) is 41.6 Å². The minimum atomic E-state index is -3.78. The van der Waals surface area contributed by atoms with E-state index in [0.29, 0.717) is 5.56 Å². The van der Waals surface area contributed by atoms with E-state index in [-0.39, 0.29) is 17.1 Å². The Bertz CT molecular complexity index is 712. The molecule has 106 valence electrons. The molecule has 0 aliphatic rings. The van der Waals surface area contributed by atoms with Crippen LogP contribution in [0.3, 0.4) is 0 Å². The van der Waals surface area contributed by atoms with Crippen LogP contribution >= 0.6 is 0 Å². The normalized spacial score (nSPS) is 11.7. The number of aromatic amines is 1. The summed E-state index contributed by atoms with van der Waals surface area (Å²) < 4.78 is 25.7. The summed E-state index contributed by atoms with van der Waals surface area (Å²) in [5, 5.41) is 17.0. The molecule has 1 aromatic carbocycles. The number of nitro groups is 1. The van der Waals surface area contributed by atoms with Crippen molar-refractivity contribution >= 4 is 15.7 Å². The average Bonchev–Trinajstić information content (AvgIpc) is 2.91. The van der Waals surface area contributed by atoms with Gasteiger partial charge in [0.25, 0.3) is 5.69 Å². The number of nitro benzene ring substituents is 1. The van der Waals surface area contributed by atoms with E-state index in [0.717, 1.165) is 10.4 Å². The lowest BCUT2D eigenvalue weighted by Crippen LogP contribution is -2.26. The topological polar surface area (TPSA) is 109 Å². The molecule has 8 nitrogen and oxygen atoms in total. The summed E-state index contributed by atoms with van der Waals surface area (Å²) in [5.41, 5.74) is 0.435. The van der Waals surface area contributed by atoms with Gasteiger partial charge in [0.2, 0.25) is 10.0 Å². The van der Waals surface area contributed by atoms with Crippen molar-refractivity contribution in [3.63, 3.8) is 0 Å². The fourth-order valence-electron chi connectivity index (χ4n) is 1.64. The Morgan fingerprint density at radius 2 is 2.20 bits per heavy atom. The molecular weight excluding hydrogens is 284 g/mol. The van der Waals surface area contributed by atoms with Crippen LogP contribution < -0.4 is 0 Å². The van der Waals surface area contributed by atoms with Crippen molar-refractivity contribution < 1.29 is 13.3 Å². The highest BCUT2D eigenvalue weighted by Crippen LogP contribution is 2.21. The van der Waals surface area contributed by atoms with E-state index in [4.69, 9.17) is 0 Å². The van der Waals surface area contributed by atoms with E-state index in [1.54, 1.807) is 6.20 Å². The molecule has 0 saturated carbocycles. The van der Waals surface area contributed by atoms with Crippen molar-refractivity contribution in [3.8, 4) is 0 Å². The lowest BCUT2D eigenvalue weighted by molar-refractivity contribution is -0.385. The molecule has 1 aromatic heterocycles. The van der Waals surface area contributed by atoms with Gasteiger partial charge in [-0.2, -0.15) is 9.40 Å². The molecule has 0 saturated heterocycles. The van der Waals surface area contributed by atoms with Gasteiger partial charge in [0, 0.05) is 37.5 Å². The molecule has 1 heterocycles. The first kappa shape index (κ1) is 14.2. The molecule has 2 aromatic rings. The van der Waals surface area contributed by atoms with Crippen molar-refractivity contribution in [3.05, 3.63) is 52.3 Å². The van der Waals surface area contributed by atoms with E-state index in [9.17, 15) is 18.5 Å². The lowest BCUT2D eigenvalue weighted by atomic mass is 10.3. The number of H-pyrrole nitrogens is 1. The molecule has 0 aliphatic carbocycles. The summed E-state index contributed by atoms with van der Waals surface area (Å²) in [6.45, 7) is 0.127. The van der Waals surface area contributed by atoms with Crippen molar-refractivity contribution in [2.24, 2.45) is 0 Å². The van der Waals surface area contributed by atoms with Gasteiger partial charge >= 0.3 is 0 Å². The third-order valence-corrected chi connectivity index (χ3v) is 4.50. The van der Waals surface area contributed by atoms with Crippen LogP contribution in [0.25, 0.3) is 0 Å². The third kappa shape index (κ3) is 2.83. The average molecular weight is 296 g/mol. The number of aromatic nitrogens is 2. The number of non-ortho nitro benzene ring substituents is 1. The van der Waals surface area contributed by atoms with Crippen LogP contribution in [0.2, 0.25) is 0 Å². The molecule has 0 spiro atoms.